The molecule has 0 aliphatic rings. The summed E-state index contributed by atoms with van der Waals surface area (Å²) in [6, 6.07) is 0.577. The second-order valence-corrected chi connectivity index (χ2v) is 8.44. The van der Waals surface area contributed by atoms with E-state index in [1.807, 2.05) is 0 Å². The molecular formula is C24H53N3. The van der Waals surface area contributed by atoms with Crippen molar-refractivity contribution in [2.45, 2.75) is 130 Å². The molecule has 27 heavy (non-hydrogen) atoms. The van der Waals surface area contributed by atoms with E-state index in [0.29, 0.717) is 11.6 Å². The van der Waals surface area contributed by atoms with Crippen molar-refractivity contribution in [3.63, 3.8) is 0 Å². The fourth-order valence-corrected chi connectivity index (χ4v) is 4.46. The molecule has 0 fully saturated rings. The zero-order valence-corrected chi connectivity index (χ0v) is 19.6. The van der Waals surface area contributed by atoms with Gasteiger partial charge in [0.1, 0.15) is 0 Å². The zero-order chi connectivity index (χ0) is 20.4. The van der Waals surface area contributed by atoms with Gasteiger partial charge in [0, 0.05) is 24.7 Å². The Bertz CT molecular complexity index is 260. The molecule has 0 aliphatic carbocycles. The molecule has 0 aromatic rings. The molecule has 0 bridgehead atoms. The molecule has 0 saturated heterocycles. The first-order valence-electron chi connectivity index (χ1n) is 12.3. The first-order chi connectivity index (χ1) is 13.2. The van der Waals surface area contributed by atoms with Gasteiger partial charge in [-0.15, -0.1) is 0 Å². The van der Waals surface area contributed by atoms with Crippen LogP contribution < -0.4 is 11.1 Å². The maximum Gasteiger partial charge on any atom is 0.0362 e. The quantitative estimate of drug-likeness (QED) is 0.266. The van der Waals surface area contributed by atoms with Gasteiger partial charge in [-0.05, 0) is 45.2 Å². The predicted molar refractivity (Wildman–Crippen MR) is 124 cm³/mol. The summed E-state index contributed by atoms with van der Waals surface area (Å²) in [7, 11) is 0. The van der Waals surface area contributed by atoms with Gasteiger partial charge in [0.05, 0.1) is 0 Å². The fraction of sp³-hybridized carbons (Fsp3) is 1.00. The number of nitrogens with zero attached hydrogens (tertiary/aromatic N) is 1. The van der Waals surface area contributed by atoms with Crippen LogP contribution in [0.25, 0.3) is 0 Å². The number of hydrogen-bond acceptors (Lipinski definition) is 3. The van der Waals surface area contributed by atoms with Crippen LogP contribution >= 0.6 is 0 Å². The number of unbranched alkanes of at least 4 members (excludes halogenated alkanes) is 5. The van der Waals surface area contributed by atoms with Crippen LogP contribution in [-0.2, 0) is 0 Å². The third-order valence-electron chi connectivity index (χ3n) is 6.15. The van der Waals surface area contributed by atoms with Crippen molar-refractivity contribution >= 4 is 0 Å². The van der Waals surface area contributed by atoms with Crippen molar-refractivity contribution in [3.8, 4) is 0 Å². The molecule has 0 spiro atoms. The van der Waals surface area contributed by atoms with E-state index in [1.165, 1.54) is 96.6 Å². The highest BCUT2D eigenvalue weighted by Gasteiger charge is 2.41. The van der Waals surface area contributed by atoms with Gasteiger partial charge in [-0.2, -0.15) is 0 Å². The van der Waals surface area contributed by atoms with Crippen molar-refractivity contribution in [1.29, 1.82) is 0 Å². The molecule has 0 aromatic heterocycles. The molecule has 3 nitrogen and oxygen atoms in total. The first kappa shape index (κ1) is 26.9. The lowest BCUT2D eigenvalue weighted by Gasteiger charge is -2.50. The van der Waals surface area contributed by atoms with Crippen LogP contribution in [0.5, 0.6) is 0 Å². The van der Waals surface area contributed by atoms with Crippen molar-refractivity contribution < 1.29 is 0 Å². The Morgan fingerprint density at radius 1 is 0.741 bits per heavy atom. The summed E-state index contributed by atoms with van der Waals surface area (Å²) in [4.78, 5) is 2.93. The Hall–Kier alpha value is -0.120. The Labute approximate surface area is 172 Å². The van der Waals surface area contributed by atoms with Gasteiger partial charge in [-0.1, -0.05) is 86.0 Å². The van der Waals surface area contributed by atoms with E-state index >= 15 is 0 Å². The summed E-state index contributed by atoms with van der Waals surface area (Å²) in [5.41, 5.74) is 6.22. The van der Waals surface area contributed by atoms with Crippen LogP contribution in [0.4, 0.5) is 0 Å². The maximum absolute atomic E-state index is 5.91. The van der Waals surface area contributed by atoms with Gasteiger partial charge in [-0.25, -0.2) is 0 Å². The summed E-state index contributed by atoms with van der Waals surface area (Å²) in [5, 5.41) is 3.93. The van der Waals surface area contributed by atoms with E-state index in [-0.39, 0.29) is 0 Å². The third kappa shape index (κ3) is 10.3. The summed E-state index contributed by atoms with van der Waals surface area (Å²) in [6.07, 6.45) is 17.0. The highest BCUT2D eigenvalue weighted by Crippen LogP contribution is 2.35. The lowest BCUT2D eigenvalue weighted by atomic mass is 9.76. The summed E-state index contributed by atoms with van der Waals surface area (Å²) in [6.45, 7) is 15.9. The molecule has 0 heterocycles. The van der Waals surface area contributed by atoms with Crippen LogP contribution in [0, 0.1) is 0 Å². The van der Waals surface area contributed by atoms with Crippen molar-refractivity contribution in [2.24, 2.45) is 5.73 Å². The van der Waals surface area contributed by atoms with Crippen molar-refractivity contribution in [2.75, 3.05) is 26.2 Å². The molecular weight excluding hydrogens is 330 g/mol. The van der Waals surface area contributed by atoms with Crippen LogP contribution in [0.3, 0.4) is 0 Å². The van der Waals surface area contributed by atoms with Crippen LogP contribution in [0.1, 0.15) is 118 Å². The van der Waals surface area contributed by atoms with E-state index in [2.05, 4.69) is 44.8 Å². The normalized spacial score (nSPS) is 13.4. The highest BCUT2D eigenvalue weighted by molar-refractivity contribution is 5.00. The standard InChI is InChI=1S/C24H53N3/c1-6-11-16-23(26-20-19-25)24(17-12-7-2,18-13-8-3)27(21-14-9-4)22-15-10-5/h23,26H,6-22,25H2,1-5H3. The van der Waals surface area contributed by atoms with Gasteiger partial charge in [0.25, 0.3) is 0 Å². The molecule has 0 aromatic carbocycles. The minimum Gasteiger partial charge on any atom is -0.329 e. The predicted octanol–water partition coefficient (Wildman–Crippen LogP) is 6.11. The highest BCUT2D eigenvalue weighted by atomic mass is 15.2. The molecule has 3 N–H and O–H groups in total. The number of rotatable bonds is 20. The Kier molecular flexibility index (Phi) is 17.9. The van der Waals surface area contributed by atoms with Gasteiger partial charge in [0.2, 0.25) is 0 Å². The maximum atomic E-state index is 5.91. The first-order valence-corrected chi connectivity index (χ1v) is 12.3. The largest absolute Gasteiger partial charge is 0.329 e. The van der Waals surface area contributed by atoms with E-state index in [1.54, 1.807) is 0 Å². The molecule has 0 saturated carbocycles. The number of hydrogen-bond donors (Lipinski definition) is 2. The van der Waals surface area contributed by atoms with E-state index in [0.717, 1.165) is 13.1 Å². The fourth-order valence-electron chi connectivity index (χ4n) is 4.46. The molecule has 0 radical (unpaired) electrons. The summed E-state index contributed by atoms with van der Waals surface area (Å²) >= 11 is 0. The summed E-state index contributed by atoms with van der Waals surface area (Å²) < 4.78 is 0. The lowest BCUT2D eigenvalue weighted by molar-refractivity contribution is 0.0225. The second kappa shape index (κ2) is 17.9. The minimum absolute atomic E-state index is 0.306. The van der Waals surface area contributed by atoms with Gasteiger partial charge >= 0.3 is 0 Å². The Balaban J connectivity index is 5.83. The zero-order valence-electron chi connectivity index (χ0n) is 19.6. The second-order valence-electron chi connectivity index (χ2n) is 8.44. The number of nitrogens with two attached hydrogens (primary N) is 1. The number of nitrogens with one attached hydrogen (secondary N) is 1. The third-order valence-corrected chi connectivity index (χ3v) is 6.15. The van der Waals surface area contributed by atoms with Crippen molar-refractivity contribution in [1.82, 2.24) is 10.2 Å². The van der Waals surface area contributed by atoms with Crippen LogP contribution in [0.15, 0.2) is 0 Å². The molecule has 0 amide bonds. The van der Waals surface area contributed by atoms with Gasteiger partial charge in [0.15, 0.2) is 0 Å². The SMILES string of the molecule is CCCCC(NCCN)C(CCCC)(CCCC)N(CCCC)CCCC. The van der Waals surface area contributed by atoms with Crippen molar-refractivity contribution in [3.05, 3.63) is 0 Å². The van der Waals surface area contributed by atoms with Crippen LogP contribution in [0.2, 0.25) is 0 Å². The average Bonchev–Trinajstić information content (AvgIpc) is 2.69. The molecule has 3 heteroatoms. The average molecular weight is 384 g/mol. The van der Waals surface area contributed by atoms with E-state index < -0.39 is 0 Å². The monoisotopic (exact) mass is 383 g/mol. The topological polar surface area (TPSA) is 41.3 Å². The molecule has 0 rings (SSSR count). The molecule has 164 valence electrons. The molecule has 1 unspecified atom stereocenters. The van der Waals surface area contributed by atoms with Gasteiger partial charge in [-0.3, -0.25) is 4.90 Å². The van der Waals surface area contributed by atoms with Gasteiger partial charge < -0.3 is 11.1 Å². The van der Waals surface area contributed by atoms with E-state index in [9.17, 15) is 0 Å². The molecule has 1 atom stereocenters. The lowest BCUT2D eigenvalue weighted by Crippen LogP contribution is -2.62. The smallest absolute Gasteiger partial charge is 0.0362 e. The summed E-state index contributed by atoms with van der Waals surface area (Å²) in [5.74, 6) is 0. The van der Waals surface area contributed by atoms with E-state index in [4.69, 9.17) is 5.73 Å². The minimum atomic E-state index is 0.306. The van der Waals surface area contributed by atoms with Crippen LogP contribution in [-0.4, -0.2) is 42.7 Å². The Morgan fingerprint density at radius 3 is 1.63 bits per heavy atom. The molecule has 0 aliphatic heterocycles. The Morgan fingerprint density at radius 2 is 1.22 bits per heavy atom.